The second-order valence-corrected chi connectivity index (χ2v) is 11.0. The van der Waals surface area contributed by atoms with E-state index in [-0.39, 0.29) is 24.5 Å². The van der Waals surface area contributed by atoms with Gasteiger partial charge in [-0.2, -0.15) is 0 Å². The Balaban J connectivity index is 1.32. The monoisotopic (exact) mass is 476 g/mol. The molecule has 0 spiro atoms. The summed E-state index contributed by atoms with van der Waals surface area (Å²) in [5.74, 6) is -1.38. The van der Waals surface area contributed by atoms with Gasteiger partial charge in [-0.1, -0.05) is 69.3 Å². The molecule has 35 heavy (non-hydrogen) atoms. The van der Waals surface area contributed by atoms with Crippen LogP contribution in [-0.4, -0.2) is 52.2 Å². The zero-order chi connectivity index (χ0) is 25.0. The molecule has 2 aromatic rings. The Hall–Kier alpha value is -3.35. The van der Waals surface area contributed by atoms with Crippen molar-refractivity contribution in [3.63, 3.8) is 0 Å². The quantitative estimate of drug-likeness (QED) is 0.660. The maximum Gasteiger partial charge on any atom is 0.407 e. The summed E-state index contributed by atoms with van der Waals surface area (Å²) in [6.45, 7) is 5.75. The molecule has 184 valence electrons. The molecular weight excluding hydrogens is 444 g/mol. The summed E-state index contributed by atoms with van der Waals surface area (Å²) in [7, 11) is 0. The van der Waals surface area contributed by atoms with E-state index in [0.717, 1.165) is 22.3 Å². The Kier molecular flexibility index (Phi) is 5.61. The zero-order valence-corrected chi connectivity index (χ0v) is 20.4. The number of benzene rings is 2. The first-order chi connectivity index (χ1) is 16.6. The number of aliphatic carboxylic acids is 1. The first kappa shape index (κ1) is 23.4. The van der Waals surface area contributed by atoms with Crippen molar-refractivity contribution in [3.8, 4) is 11.1 Å². The zero-order valence-electron chi connectivity index (χ0n) is 20.4. The lowest BCUT2D eigenvalue weighted by molar-refractivity contribution is -0.157. The van der Waals surface area contributed by atoms with Gasteiger partial charge in [0.1, 0.15) is 18.2 Å². The summed E-state index contributed by atoms with van der Waals surface area (Å²) >= 11 is 0. The Morgan fingerprint density at radius 2 is 1.57 bits per heavy atom. The average Bonchev–Trinajstić information content (AvgIpc) is 3.49. The van der Waals surface area contributed by atoms with Crippen LogP contribution in [0.15, 0.2) is 48.5 Å². The highest BCUT2D eigenvalue weighted by Crippen LogP contribution is 2.48. The van der Waals surface area contributed by atoms with Gasteiger partial charge in [0.25, 0.3) is 0 Å². The lowest BCUT2D eigenvalue weighted by atomic mass is 9.84. The Morgan fingerprint density at radius 1 is 1.03 bits per heavy atom. The minimum atomic E-state index is -1.16. The molecule has 1 unspecified atom stereocenters. The van der Waals surface area contributed by atoms with Crippen molar-refractivity contribution < 1.29 is 24.2 Å². The standard InChI is InChI=1S/C28H32N2O5/c1-27(2,3)23(24(31)30-17-12-14-28(30,15-13-17)25(32)33)29-26(34)35-16-22-20-10-6-4-8-18(20)19-9-5-7-11-21(19)22/h4-11,17,22-23H,12-16H2,1-3H3,(H,29,34)(H,32,33). The van der Waals surface area contributed by atoms with Crippen LogP contribution in [0, 0.1) is 5.41 Å². The second kappa shape index (κ2) is 8.40. The number of carboxylic acid groups (broad SMARTS) is 1. The van der Waals surface area contributed by atoms with E-state index in [4.69, 9.17) is 4.74 Å². The van der Waals surface area contributed by atoms with E-state index in [9.17, 15) is 19.5 Å². The number of nitrogens with zero attached hydrogens (tertiary/aromatic N) is 1. The molecule has 0 saturated carbocycles. The minimum Gasteiger partial charge on any atom is -0.479 e. The summed E-state index contributed by atoms with van der Waals surface area (Å²) in [6.07, 6.45) is 1.61. The number of nitrogens with one attached hydrogen (secondary N) is 1. The van der Waals surface area contributed by atoms with Gasteiger partial charge < -0.3 is 20.1 Å². The number of carbonyl (C=O) groups is 3. The molecule has 2 amide bonds. The molecule has 1 atom stereocenters. The lowest BCUT2D eigenvalue weighted by Crippen LogP contribution is -2.60. The summed E-state index contributed by atoms with van der Waals surface area (Å²) in [5, 5.41) is 12.7. The van der Waals surface area contributed by atoms with Crippen molar-refractivity contribution in [1.29, 1.82) is 0 Å². The number of hydrogen-bond acceptors (Lipinski definition) is 4. The van der Waals surface area contributed by atoms with E-state index in [0.29, 0.717) is 25.7 Å². The largest absolute Gasteiger partial charge is 0.479 e. The fourth-order valence-electron chi connectivity index (χ4n) is 6.18. The molecule has 2 bridgehead atoms. The normalized spacial score (nSPS) is 23.5. The first-order valence-electron chi connectivity index (χ1n) is 12.3. The van der Waals surface area contributed by atoms with Gasteiger partial charge in [0, 0.05) is 12.0 Å². The molecule has 2 saturated heterocycles. The van der Waals surface area contributed by atoms with Gasteiger partial charge in [0.2, 0.25) is 5.91 Å². The second-order valence-electron chi connectivity index (χ2n) is 11.0. The highest BCUT2D eigenvalue weighted by atomic mass is 16.5. The van der Waals surface area contributed by atoms with Crippen LogP contribution in [0.25, 0.3) is 11.1 Å². The first-order valence-corrected chi connectivity index (χ1v) is 12.3. The third-order valence-electron chi connectivity index (χ3n) is 7.96. The SMILES string of the molecule is CC(C)(C)C(NC(=O)OCC1c2ccccc2-c2ccccc21)C(=O)N1C2CCC1(C(=O)O)CC2. The van der Waals surface area contributed by atoms with E-state index in [1.54, 1.807) is 0 Å². The van der Waals surface area contributed by atoms with Crippen molar-refractivity contribution in [2.75, 3.05) is 6.61 Å². The van der Waals surface area contributed by atoms with Crippen LogP contribution in [0.2, 0.25) is 0 Å². The molecule has 1 aliphatic carbocycles. The highest BCUT2D eigenvalue weighted by molar-refractivity contribution is 5.93. The number of fused-ring (bicyclic) bond motifs is 5. The Morgan fingerprint density at radius 3 is 2.09 bits per heavy atom. The van der Waals surface area contributed by atoms with Crippen LogP contribution in [0.4, 0.5) is 4.79 Å². The smallest absolute Gasteiger partial charge is 0.407 e. The minimum absolute atomic E-state index is 0.0818. The summed E-state index contributed by atoms with van der Waals surface area (Å²) < 4.78 is 5.68. The number of amides is 2. The molecule has 2 fully saturated rings. The van der Waals surface area contributed by atoms with Gasteiger partial charge >= 0.3 is 12.1 Å². The molecule has 3 aliphatic rings. The van der Waals surface area contributed by atoms with Crippen molar-refractivity contribution in [3.05, 3.63) is 59.7 Å². The van der Waals surface area contributed by atoms with Crippen molar-refractivity contribution in [1.82, 2.24) is 10.2 Å². The van der Waals surface area contributed by atoms with Crippen LogP contribution in [0.3, 0.4) is 0 Å². The van der Waals surface area contributed by atoms with E-state index < -0.39 is 29.1 Å². The van der Waals surface area contributed by atoms with Crippen molar-refractivity contribution >= 4 is 18.0 Å². The molecule has 2 aliphatic heterocycles. The predicted molar refractivity (Wildman–Crippen MR) is 131 cm³/mol. The maximum atomic E-state index is 13.7. The van der Waals surface area contributed by atoms with Crippen LogP contribution in [-0.2, 0) is 14.3 Å². The van der Waals surface area contributed by atoms with Gasteiger partial charge in [-0.05, 0) is 53.4 Å². The number of hydrogen-bond donors (Lipinski definition) is 2. The van der Waals surface area contributed by atoms with Gasteiger partial charge in [-0.3, -0.25) is 4.79 Å². The molecule has 2 N–H and O–H groups in total. The van der Waals surface area contributed by atoms with Crippen LogP contribution in [0.5, 0.6) is 0 Å². The van der Waals surface area contributed by atoms with Crippen LogP contribution in [0.1, 0.15) is 63.5 Å². The molecular formula is C28H32N2O5. The van der Waals surface area contributed by atoms with Gasteiger partial charge in [0.15, 0.2) is 0 Å². The summed E-state index contributed by atoms with van der Waals surface area (Å²) in [5.41, 5.74) is 2.73. The topological polar surface area (TPSA) is 95.9 Å². The van der Waals surface area contributed by atoms with Crippen molar-refractivity contribution in [2.45, 2.75) is 70.0 Å². The number of carboxylic acids is 1. The molecule has 7 nitrogen and oxygen atoms in total. The molecule has 0 radical (unpaired) electrons. The number of alkyl carbamates (subject to hydrolysis) is 1. The van der Waals surface area contributed by atoms with Gasteiger partial charge in [-0.25, -0.2) is 9.59 Å². The molecule has 2 aromatic carbocycles. The van der Waals surface area contributed by atoms with E-state index in [2.05, 4.69) is 29.6 Å². The third-order valence-corrected chi connectivity index (χ3v) is 7.96. The average molecular weight is 477 g/mol. The summed E-state index contributed by atoms with van der Waals surface area (Å²) in [4.78, 5) is 40.3. The Labute approximate surface area is 205 Å². The highest BCUT2D eigenvalue weighted by Gasteiger charge is 2.60. The Bertz CT molecular complexity index is 1130. The predicted octanol–water partition coefficient (Wildman–Crippen LogP) is 4.55. The van der Waals surface area contributed by atoms with E-state index in [1.165, 1.54) is 4.90 Å². The fraction of sp³-hybridized carbons (Fsp3) is 0.464. The summed E-state index contributed by atoms with van der Waals surface area (Å²) in [6, 6.07) is 15.2. The molecule has 5 rings (SSSR count). The van der Waals surface area contributed by atoms with Gasteiger partial charge in [0.05, 0.1) is 0 Å². The van der Waals surface area contributed by atoms with Gasteiger partial charge in [-0.15, -0.1) is 0 Å². The fourth-order valence-corrected chi connectivity index (χ4v) is 6.18. The van der Waals surface area contributed by atoms with E-state index >= 15 is 0 Å². The number of ether oxygens (including phenoxy) is 1. The molecule has 0 aromatic heterocycles. The lowest BCUT2D eigenvalue weighted by Gasteiger charge is -2.38. The molecule has 7 heteroatoms. The number of rotatable bonds is 5. The third kappa shape index (κ3) is 3.77. The molecule has 2 heterocycles. The maximum absolute atomic E-state index is 13.7. The number of carbonyl (C=O) groups excluding carboxylic acids is 2. The van der Waals surface area contributed by atoms with Crippen LogP contribution >= 0.6 is 0 Å². The van der Waals surface area contributed by atoms with E-state index in [1.807, 2.05) is 45.0 Å². The van der Waals surface area contributed by atoms with Crippen molar-refractivity contribution in [2.24, 2.45) is 5.41 Å². The van der Waals surface area contributed by atoms with Crippen LogP contribution < -0.4 is 5.32 Å².